The Morgan fingerprint density at radius 1 is 1.16 bits per heavy atom. The lowest BCUT2D eigenvalue weighted by molar-refractivity contribution is -0.123. The summed E-state index contributed by atoms with van der Waals surface area (Å²) in [6, 6.07) is 3.55. The van der Waals surface area contributed by atoms with Gasteiger partial charge in [-0.3, -0.25) is 9.79 Å². The molecule has 1 aromatic rings. The molecule has 0 heterocycles. The van der Waals surface area contributed by atoms with Gasteiger partial charge in [-0.25, -0.2) is 8.78 Å². The number of halogens is 3. The Hall–Kier alpha value is -1.45. The molecule has 1 aromatic carbocycles. The predicted octanol–water partition coefficient (Wildman–Crippen LogP) is 2.97. The summed E-state index contributed by atoms with van der Waals surface area (Å²) in [5.41, 5.74) is 0.618. The normalized spacial score (nSPS) is 12.4. The van der Waals surface area contributed by atoms with Crippen molar-refractivity contribution < 1.29 is 13.6 Å². The molecule has 1 atom stereocenters. The first-order valence-corrected chi connectivity index (χ1v) is 8.12. The Kier molecular flexibility index (Phi) is 11.3. The summed E-state index contributed by atoms with van der Waals surface area (Å²) in [5, 5.41) is 8.99. The molecule has 0 aromatic heterocycles. The second kappa shape index (κ2) is 12.0. The zero-order valence-corrected chi connectivity index (χ0v) is 17.4. The molecule has 0 fully saturated rings. The minimum Gasteiger partial charge on any atom is -0.357 e. The highest BCUT2D eigenvalue weighted by molar-refractivity contribution is 14.0. The molecule has 0 aliphatic heterocycles. The van der Waals surface area contributed by atoms with Crippen LogP contribution in [0.5, 0.6) is 0 Å². The lowest BCUT2D eigenvalue weighted by Crippen LogP contribution is -2.39. The van der Waals surface area contributed by atoms with Crippen molar-refractivity contribution in [2.24, 2.45) is 10.9 Å². The fourth-order valence-electron chi connectivity index (χ4n) is 1.94. The number of amides is 1. The second-order valence-corrected chi connectivity index (χ2v) is 5.75. The molecule has 0 saturated carbocycles. The summed E-state index contributed by atoms with van der Waals surface area (Å²) in [7, 11) is 0. The number of hydrogen-bond acceptors (Lipinski definition) is 2. The van der Waals surface area contributed by atoms with Crippen molar-refractivity contribution in [3.8, 4) is 0 Å². The standard InChI is InChI=1S/C17H26F2N4O.HI/c1-5-20-17(22-9-8-21-16(24)11(2)3)23-12(4)13-6-7-14(18)15(19)10-13;/h6-7,10-12H,5,8-9H2,1-4H3,(H,21,24)(H2,20,22,23);1H. The minimum absolute atomic E-state index is 0. The molecular formula is C17H27F2IN4O. The topological polar surface area (TPSA) is 65.5 Å². The van der Waals surface area contributed by atoms with Gasteiger partial charge in [0.15, 0.2) is 17.6 Å². The Labute approximate surface area is 165 Å². The summed E-state index contributed by atoms with van der Waals surface area (Å²) in [6.07, 6.45) is 0. The zero-order valence-electron chi connectivity index (χ0n) is 15.0. The summed E-state index contributed by atoms with van der Waals surface area (Å²) in [6.45, 7) is 8.93. The predicted molar refractivity (Wildman–Crippen MR) is 107 cm³/mol. The van der Waals surface area contributed by atoms with Crippen LogP contribution in [0.1, 0.15) is 39.3 Å². The third-order valence-electron chi connectivity index (χ3n) is 3.35. The number of carbonyl (C=O) groups excluding carboxylic acids is 1. The van der Waals surface area contributed by atoms with E-state index in [0.29, 0.717) is 31.2 Å². The van der Waals surface area contributed by atoms with Crippen molar-refractivity contribution in [2.75, 3.05) is 19.6 Å². The molecule has 0 bridgehead atoms. The highest BCUT2D eigenvalue weighted by Gasteiger charge is 2.11. The highest BCUT2D eigenvalue weighted by Crippen LogP contribution is 2.15. The maximum atomic E-state index is 13.3. The van der Waals surface area contributed by atoms with Gasteiger partial charge in [0.1, 0.15) is 0 Å². The lowest BCUT2D eigenvalue weighted by atomic mass is 10.1. The summed E-state index contributed by atoms with van der Waals surface area (Å²) >= 11 is 0. The van der Waals surface area contributed by atoms with Gasteiger partial charge in [0.2, 0.25) is 5.91 Å². The van der Waals surface area contributed by atoms with Gasteiger partial charge in [0.05, 0.1) is 12.6 Å². The SMILES string of the molecule is CCNC(=NCCNC(=O)C(C)C)NC(C)c1ccc(F)c(F)c1.I. The number of nitrogens with one attached hydrogen (secondary N) is 3. The van der Waals surface area contributed by atoms with Crippen molar-refractivity contribution in [1.82, 2.24) is 16.0 Å². The maximum Gasteiger partial charge on any atom is 0.222 e. The average molecular weight is 468 g/mol. The monoisotopic (exact) mass is 468 g/mol. The molecule has 25 heavy (non-hydrogen) atoms. The van der Waals surface area contributed by atoms with Crippen LogP contribution in [0, 0.1) is 17.6 Å². The molecule has 1 rings (SSSR count). The number of nitrogens with zero attached hydrogens (tertiary/aromatic N) is 1. The number of rotatable bonds is 7. The van der Waals surface area contributed by atoms with E-state index in [9.17, 15) is 13.6 Å². The third-order valence-corrected chi connectivity index (χ3v) is 3.35. The van der Waals surface area contributed by atoms with Crippen LogP contribution >= 0.6 is 24.0 Å². The van der Waals surface area contributed by atoms with Crippen molar-refractivity contribution in [3.63, 3.8) is 0 Å². The van der Waals surface area contributed by atoms with Gasteiger partial charge in [-0.05, 0) is 31.5 Å². The Morgan fingerprint density at radius 2 is 1.84 bits per heavy atom. The summed E-state index contributed by atoms with van der Waals surface area (Å²) in [5.74, 6) is -1.27. The largest absolute Gasteiger partial charge is 0.357 e. The Bertz CT molecular complexity index is 582. The average Bonchev–Trinajstić information content (AvgIpc) is 2.53. The Morgan fingerprint density at radius 3 is 2.40 bits per heavy atom. The van der Waals surface area contributed by atoms with E-state index < -0.39 is 11.6 Å². The van der Waals surface area contributed by atoms with Crippen LogP contribution < -0.4 is 16.0 Å². The fraction of sp³-hybridized carbons (Fsp3) is 0.529. The molecule has 0 radical (unpaired) electrons. The molecule has 1 unspecified atom stereocenters. The summed E-state index contributed by atoms with van der Waals surface area (Å²) < 4.78 is 26.3. The van der Waals surface area contributed by atoms with Crippen LogP contribution in [0.25, 0.3) is 0 Å². The van der Waals surface area contributed by atoms with Crippen LogP contribution in [0.3, 0.4) is 0 Å². The molecule has 5 nitrogen and oxygen atoms in total. The number of carbonyl (C=O) groups is 1. The van der Waals surface area contributed by atoms with Crippen molar-refractivity contribution in [3.05, 3.63) is 35.4 Å². The van der Waals surface area contributed by atoms with Crippen molar-refractivity contribution in [2.45, 2.75) is 33.7 Å². The van der Waals surface area contributed by atoms with Crippen LogP contribution in [-0.4, -0.2) is 31.5 Å². The van der Waals surface area contributed by atoms with E-state index in [0.717, 1.165) is 6.07 Å². The van der Waals surface area contributed by atoms with E-state index in [-0.39, 0.29) is 41.8 Å². The van der Waals surface area contributed by atoms with E-state index in [4.69, 9.17) is 0 Å². The maximum absolute atomic E-state index is 13.3. The van der Waals surface area contributed by atoms with Gasteiger partial charge in [0, 0.05) is 19.0 Å². The summed E-state index contributed by atoms with van der Waals surface area (Å²) in [4.78, 5) is 15.8. The highest BCUT2D eigenvalue weighted by atomic mass is 127. The fourth-order valence-corrected chi connectivity index (χ4v) is 1.94. The number of benzene rings is 1. The van der Waals surface area contributed by atoms with Gasteiger partial charge < -0.3 is 16.0 Å². The van der Waals surface area contributed by atoms with Crippen LogP contribution in [0.4, 0.5) is 8.78 Å². The smallest absolute Gasteiger partial charge is 0.222 e. The van der Waals surface area contributed by atoms with Gasteiger partial charge in [-0.15, -0.1) is 24.0 Å². The van der Waals surface area contributed by atoms with E-state index in [2.05, 4.69) is 20.9 Å². The van der Waals surface area contributed by atoms with Crippen molar-refractivity contribution >= 4 is 35.8 Å². The first-order valence-electron chi connectivity index (χ1n) is 8.12. The number of aliphatic imine (C=N–C) groups is 1. The van der Waals surface area contributed by atoms with E-state index >= 15 is 0 Å². The molecular weight excluding hydrogens is 441 g/mol. The van der Waals surface area contributed by atoms with Gasteiger partial charge >= 0.3 is 0 Å². The zero-order chi connectivity index (χ0) is 18.1. The van der Waals surface area contributed by atoms with Gasteiger partial charge in [0.25, 0.3) is 0 Å². The van der Waals surface area contributed by atoms with Crippen molar-refractivity contribution in [1.29, 1.82) is 0 Å². The number of guanidine groups is 1. The first-order chi connectivity index (χ1) is 11.3. The quantitative estimate of drug-likeness (QED) is 0.250. The molecule has 0 spiro atoms. The number of hydrogen-bond donors (Lipinski definition) is 3. The minimum atomic E-state index is -0.875. The molecule has 8 heteroatoms. The van der Waals surface area contributed by atoms with Crippen LogP contribution in [0.15, 0.2) is 23.2 Å². The molecule has 1 amide bonds. The first kappa shape index (κ1) is 23.5. The lowest BCUT2D eigenvalue weighted by Gasteiger charge is -2.18. The van der Waals surface area contributed by atoms with E-state index in [1.54, 1.807) is 0 Å². The molecule has 142 valence electrons. The Balaban J connectivity index is 0.00000576. The second-order valence-electron chi connectivity index (χ2n) is 5.75. The molecule has 0 aliphatic rings. The van der Waals surface area contributed by atoms with E-state index in [1.165, 1.54) is 12.1 Å². The third kappa shape index (κ3) is 8.46. The van der Waals surface area contributed by atoms with Crippen LogP contribution in [-0.2, 0) is 4.79 Å². The molecule has 0 saturated heterocycles. The van der Waals surface area contributed by atoms with Gasteiger partial charge in [-0.1, -0.05) is 19.9 Å². The van der Waals surface area contributed by atoms with Gasteiger partial charge in [-0.2, -0.15) is 0 Å². The molecule has 3 N–H and O–H groups in total. The molecule has 0 aliphatic carbocycles. The van der Waals surface area contributed by atoms with Crippen LogP contribution in [0.2, 0.25) is 0 Å². The van der Waals surface area contributed by atoms with E-state index in [1.807, 2.05) is 27.7 Å².